The van der Waals surface area contributed by atoms with Gasteiger partial charge in [-0.1, -0.05) is 23.7 Å². The molecule has 1 fully saturated rings. The number of amides is 1. The van der Waals surface area contributed by atoms with Gasteiger partial charge in [0.1, 0.15) is 11.6 Å². The van der Waals surface area contributed by atoms with Crippen molar-refractivity contribution in [3.63, 3.8) is 0 Å². The second-order valence-corrected chi connectivity index (χ2v) is 6.83. The van der Waals surface area contributed by atoms with Crippen LogP contribution in [0.4, 0.5) is 4.39 Å². The molecule has 0 bridgehead atoms. The number of Topliss-reactive ketones (excluding diaryl/α,β-unsaturated/α-hetero) is 1. The average molecular weight is 420 g/mol. The van der Waals surface area contributed by atoms with Gasteiger partial charge in [-0.15, -0.1) is 0 Å². The van der Waals surface area contributed by atoms with Gasteiger partial charge in [-0.3, -0.25) is 9.59 Å². The SMILES string of the molecule is O=C1C(=O)N(CCOCCO)C(c2cccc(F)c2)C1=C(O)c1ccc(Cl)cc1. The second kappa shape index (κ2) is 9.17. The minimum absolute atomic E-state index is 0.0309. The van der Waals surface area contributed by atoms with Gasteiger partial charge >= 0.3 is 0 Å². The maximum Gasteiger partial charge on any atom is 0.295 e. The molecule has 0 radical (unpaired) electrons. The maximum absolute atomic E-state index is 13.9. The van der Waals surface area contributed by atoms with E-state index in [-0.39, 0.29) is 37.7 Å². The minimum Gasteiger partial charge on any atom is -0.507 e. The monoisotopic (exact) mass is 419 g/mol. The van der Waals surface area contributed by atoms with E-state index in [1.165, 1.54) is 35.2 Å². The van der Waals surface area contributed by atoms with E-state index in [2.05, 4.69) is 0 Å². The molecule has 8 heteroatoms. The molecule has 6 nitrogen and oxygen atoms in total. The summed E-state index contributed by atoms with van der Waals surface area (Å²) < 4.78 is 19.1. The van der Waals surface area contributed by atoms with Crippen LogP contribution >= 0.6 is 11.6 Å². The van der Waals surface area contributed by atoms with E-state index in [1.54, 1.807) is 18.2 Å². The molecule has 0 saturated carbocycles. The number of rotatable bonds is 7. The highest BCUT2D eigenvalue weighted by Crippen LogP contribution is 2.39. The number of halogens is 2. The van der Waals surface area contributed by atoms with Crippen molar-refractivity contribution in [2.24, 2.45) is 0 Å². The molecule has 152 valence electrons. The third-order valence-electron chi connectivity index (χ3n) is 4.53. The van der Waals surface area contributed by atoms with Gasteiger partial charge in [0.25, 0.3) is 11.7 Å². The Labute approximate surface area is 171 Å². The molecule has 2 N–H and O–H groups in total. The summed E-state index contributed by atoms with van der Waals surface area (Å²) in [6, 6.07) is 10.7. The normalized spacial score (nSPS) is 18.4. The first-order valence-electron chi connectivity index (χ1n) is 8.92. The number of carbonyl (C=O) groups is 2. The van der Waals surface area contributed by atoms with E-state index in [0.717, 1.165) is 0 Å². The van der Waals surface area contributed by atoms with E-state index in [1.807, 2.05) is 0 Å². The fourth-order valence-electron chi connectivity index (χ4n) is 3.23. The first kappa shape index (κ1) is 21.0. The van der Waals surface area contributed by atoms with Gasteiger partial charge in [-0.25, -0.2) is 4.39 Å². The number of hydrogen-bond donors (Lipinski definition) is 2. The quantitative estimate of drug-likeness (QED) is 0.312. The number of ketones is 1. The topological polar surface area (TPSA) is 87.1 Å². The summed E-state index contributed by atoms with van der Waals surface area (Å²) in [6.07, 6.45) is 0. The second-order valence-electron chi connectivity index (χ2n) is 6.39. The minimum atomic E-state index is -0.973. The Hall–Kier alpha value is -2.74. The Morgan fingerprint density at radius 1 is 1.14 bits per heavy atom. The highest BCUT2D eigenvalue weighted by molar-refractivity contribution is 6.46. The van der Waals surface area contributed by atoms with Crippen LogP contribution in [0.15, 0.2) is 54.1 Å². The zero-order valence-corrected chi connectivity index (χ0v) is 16.1. The van der Waals surface area contributed by atoms with Gasteiger partial charge in [0, 0.05) is 17.1 Å². The molecule has 0 aromatic heterocycles. The van der Waals surface area contributed by atoms with Crippen molar-refractivity contribution in [1.29, 1.82) is 0 Å². The van der Waals surface area contributed by atoms with Crippen molar-refractivity contribution >= 4 is 29.1 Å². The summed E-state index contributed by atoms with van der Waals surface area (Å²) in [6.45, 7) is 0.00553. The summed E-state index contributed by atoms with van der Waals surface area (Å²) in [5, 5.41) is 20.1. The van der Waals surface area contributed by atoms with Crippen LogP contribution in [0.2, 0.25) is 5.02 Å². The first-order valence-corrected chi connectivity index (χ1v) is 9.30. The molecular formula is C21H19ClFNO5. The van der Waals surface area contributed by atoms with E-state index < -0.39 is 23.5 Å². The molecule has 0 spiro atoms. The molecule has 1 aliphatic heterocycles. The van der Waals surface area contributed by atoms with Crippen molar-refractivity contribution in [2.75, 3.05) is 26.4 Å². The van der Waals surface area contributed by atoms with Gasteiger partial charge in [-0.05, 0) is 42.0 Å². The highest BCUT2D eigenvalue weighted by atomic mass is 35.5. The molecule has 2 aromatic rings. The van der Waals surface area contributed by atoms with Crippen LogP contribution < -0.4 is 0 Å². The maximum atomic E-state index is 13.9. The van der Waals surface area contributed by atoms with Crippen molar-refractivity contribution in [3.05, 3.63) is 76.1 Å². The van der Waals surface area contributed by atoms with Gasteiger partial charge < -0.3 is 19.8 Å². The number of carbonyl (C=O) groups excluding carboxylic acids is 2. The Morgan fingerprint density at radius 3 is 2.52 bits per heavy atom. The molecule has 2 aromatic carbocycles. The Balaban J connectivity index is 2.07. The van der Waals surface area contributed by atoms with Crippen LogP contribution in [0.5, 0.6) is 0 Å². The molecule has 0 aliphatic carbocycles. The fourth-order valence-corrected chi connectivity index (χ4v) is 3.35. The molecular weight excluding hydrogens is 401 g/mol. The lowest BCUT2D eigenvalue weighted by molar-refractivity contribution is -0.140. The summed E-state index contributed by atoms with van der Waals surface area (Å²) >= 11 is 5.88. The molecule has 1 aliphatic rings. The zero-order valence-electron chi connectivity index (χ0n) is 15.3. The predicted octanol–water partition coefficient (Wildman–Crippen LogP) is 2.91. The molecule has 1 amide bonds. The van der Waals surface area contributed by atoms with Gasteiger partial charge in [0.15, 0.2) is 0 Å². The summed E-state index contributed by atoms with van der Waals surface area (Å²) in [5.74, 6) is -2.58. The van der Waals surface area contributed by atoms with E-state index in [9.17, 15) is 19.1 Å². The van der Waals surface area contributed by atoms with Crippen LogP contribution in [-0.4, -0.2) is 53.2 Å². The molecule has 1 saturated heterocycles. The van der Waals surface area contributed by atoms with Crippen molar-refractivity contribution in [1.82, 2.24) is 4.90 Å². The van der Waals surface area contributed by atoms with Crippen molar-refractivity contribution in [3.8, 4) is 0 Å². The number of nitrogens with zero attached hydrogens (tertiary/aromatic N) is 1. The average Bonchev–Trinajstić information content (AvgIpc) is 2.96. The lowest BCUT2D eigenvalue weighted by atomic mass is 9.95. The number of benzene rings is 2. The van der Waals surface area contributed by atoms with Crippen LogP contribution in [0.3, 0.4) is 0 Å². The summed E-state index contributed by atoms with van der Waals surface area (Å²) in [5.41, 5.74) is 0.525. The Bertz CT molecular complexity index is 944. The number of likely N-dealkylation sites (tertiary alicyclic amines) is 1. The number of ether oxygens (including phenoxy) is 1. The molecule has 1 heterocycles. The molecule has 3 rings (SSSR count). The number of hydrogen-bond acceptors (Lipinski definition) is 5. The van der Waals surface area contributed by atoms with E-state index in [0.29, 0.717) is 16.1 Å². The number of aliphatic hydroxyl groups is 2. The number of aliphatic hydroxyl groups excluding tert-OH is 2. The van der Waals surface area contributed by atoms with Gasteiger partial charge in [0.2, 0.25) is 0 Å². The van der Waals surface area contributed by atoms with E-state index in [4.69, 9.17) is 21.4 Å². The zero-order chi connectivity index (χ0) is 21.0. The lowest BCUT2D eigenvalue weighted by Crippen LogP contribution is -2.33. The molecule has 1 unspecified atom stereocenters. The third kappa shape index (κ3) is 4.48. The molecule has 29 heavy (non-hydrogen) atoms. The van der Waals surface area contributed by atoms with Crippen LogP contribution in [0.25, 0.3) is 5.76 Å². The van der Waals surface area contributed by atoms with Crippen LogP contribution in [-0.2, 0) is 14.3 Å². The largest absolute Gasteiger partial charge is 0.507 e. The third-order valence-corrected chi connectivity index (χ3v) is 4.79. The van der Waals surface area contributed by atoms with Crippen molar-refractivity contribution < 1.29 is 28.9 Å². The van der Waals surface area contributed by atoms with Crippen LogP contribution in [0, 0.1) is 5.82 Å². The Morgan fingerprint density at radius 2 is 1.86 bits per heavy atom. The van der Waals surface area contributed by atoms with E-state index >= 15 is 0 Å². The van der Waals surface area contributed by atoms with Crippen molar-refractivity contribution in [2.45, 2.75) is 6.04 Å². The summed E-state index contributed by atoms with van der Waals surface area (Å²) in [4.78, 5) is 26.6. The van der Waals surface area contributed by atoms with Gasteiger partial charge in [-0.2, -0.15) is 0 Å². The highest BCUT2D eigenvalue weighted by Gasteiger charge is 2.45. The first-order chi connectivity index (χ1) is 13.9. The molecule has 1 atom stereocenters. The predicted molar refractivity (Wildman–Crippen MR) is 105 cm³/mol. The standard InChI is InChI=1S/C21H19ClFNO5/c22-15-6-4-13(5-7-15)19(26)17-18(14-2-1-3-16(23)12-14)24(21(28)20(17)27)8-10-29-11-9-25/h1-7,12,18,25-26H,8-11H2. The van der Waals surface area contributed by atoms with Gasteiger partial charge in [0.05, 0.1) is 31.4 Å². The lowest BCUT2D eigenvalue weighted by Gasteiger charge is -2.25. The van der Waals surface area contributed by atoms with Crippen LogP contribution in [0.1, 0.15) is 17.2 Å². The summed E-state index contributed by atoms with van der Waals surface area (Å²) in [7, 11) is 0. The smallest absolute Gasteiger partial charge is 0.295 e. The Kier molecular flexibility index (Phi) is 6.64. The fraction of sp³-hybridized carbons (Fsp3) is 0.238.